The van der Waals surface area contributed by atoms with Crippen molar-refractivity contribution in [1.29, 1.82) is 0 Å². The van der Waals surface area contributed by atoms with Crippen molar-refractivity contribution < 1.29 is 9.53 Å². The van der Waals surface area contributed by atoms with E-state index in [0.717, 1.165) is 69.6 Å². The number of anilines is 2. The van der Waals surface area contributed by atoms with E-state index in [4.69, 9.17) is 9.73 Å². The second-order valence-corrected chi connectivity index (χ2v) is 10.3. The molecule has 0 spiro atoms. The summed E-state index contributed by atoms with van der Waals surface area (Å²) in [6, 6.07) is 14.4. The summed E-state index contributed by atoms with van der Waals surface area (Å²) in [5, 5.41) is 1.74. The van der Waals surface area contributed by atoms with Crippen LogP contribution in [0.25, 0.3) is 0 Å². The Kier molecular flexibility index (Phi) is 8.34. The maximum Gasteiger partial charge on any atom is 0.269 e. The number of fused-ring (bicyclic) bond motifs is 1. The maximum absolute atomic E-state index is 13.7. The van der Waals surface area contributed by atoms with Crippen molar-refractivity contribution in [2.75, 3.05) is 43.1 Å². The highest BCUT2D eigenvalue weighted by Gasteiger charge is 2.39. The van der Waals surface area contributed by atoms with Gasteiger partial charge in [-0.25, -0.2) is 4.99 Å². The molecular formula is C27H34N4O2S2. The van der Waals surface area contributed by atoms with Gasteiger partial charge in [0.2, 0.25) is 0 Å². The highest BCUT2D eigenvalue weighted by molar-refractivity contribution is 8.19. The van der Waals surface area contributed by atoms with Gasteiger partial charge < -0.3 is 14.5 Å². The summed E-state index contributed by atoms with van der Waals surface area (Å²) in [5.41, 5.74) is 3.14. The summed E-state index contributed by atoms with van der Waals surface area (Å²) in [6.45, 7) is 12.0. The standard InChI is InChI=1S/C27H34N4O2S2/c1-6-10-17-31-25(32)24(26-30(9-4)22-18-21(33-5)15-16-23(22)34-26)35-27(31)28-19-11-13-20(14-12-19)29(7-2)8-3/h11-16,18H,6-10,17H2,1-5H3. The number of carbonyl (C=O) groups is 1. The molecule has 2 aromatic rings. The quantitative estimate of drug-likeness (QED) is 0.350. The molecule has 2 aliphatic rings. The second-order valence-electron chi connectivity index (χ2n) is 8.31. The number of hydrogen-bond acceptors (Lipinski definition) is 7. The van der Waals surface area contributed by atoms with E-state index in [1.165, 1.54) is 17.4 Å². The van der Waals surface area contributed by atoms with Gasteiger partial charge in [0.1, 0.15) is 15.7 Å². The Hall–Kier alpha value is -2.58. The number of nitrogens with zero attached hydrogens (tertiary/aromatic N) is 4. The largest absolute Gasteiger partial charge is 0.497 e. The Balaban J connectivity index is 1.68. The first-order valence-electron chi connectivity index (χ1n) is 12.4. The number of amides is 1. The monoisotopic (exact) mass is 510 g/mol. The smallest absolute Gasteiger partial charge is 0.269 e. The molecule has 6 nitrogen and oxygen atoms in total. The molecule has 2 aliphatic heterocycles. The molecule has 0 aromatic heterocycles. The number of hydrogen-bond donors (Lipinski definition) is 0. The molecule has 0 aliphatic carbocycles. The lowest BCUT2D eigenvalue weighted by Gasteiger charge is -2.21. The minimum Gasteiger partial charge on any atom is -0.497 e. The Morgan fingerprint density at radius 3 is 2.34 bits per heavy atom. The molecule has 2 aromatic carbocycles. The molecule has 0 unspecified atom stereocenters. The maximum atomic E-state index is 13.7. The van der Waals surface area contributed by atoms with E-state index < -0.39 is 0 Å². The lowest BCUT2D eigenvalue weighted by molar-refractivity contribution is -0.122. The average molecular weight is 511 g/mol. The minimum absolute atomic E-state index is 0.0442. The summed E-state index contributed by atoms with van der Waals surface area (Å²) in [6.07, 6.45) is 1.96. The number of benzene rings is 2. The summed E-state index contributed by atoms with van der Waals surface area (Å²) >= 11 is 3.14. The van der Waals surface area contributed by atoms with E-state index in [9.17, 15) is 4.79 Å². The highest BCUT2D eigenvalue weighted by Crippen LogP contribution is 2.51. The summed E-state index contributed by atoms with van der Waals surface area (Å²) < 4.78 is 5.44. The molecule has 35 heavy (non-hydrogen) atoms. The van der Waals surface area contributed by atoms with Crippen molar-refractivity contribution in [3.05, 3.63) is 52.4 Å². The fraction of sp³-hybridized carbons (Fsp3) is 0.407. The van der Waals surface area contributed by atoms with Gasteiger partial charge in [-0.3, -0.25) is 9.69 Å². The molecular weight excluding hydrogens is 476 g/mol. The number of rotatable bonds is 9. The SMILES string of the molecule is CCCCN1C(=O)C(=C2Sc3ccc(OC)cc3N2CC)SC1=Nc1ccc(N(CC)CC)cc1. The van der Waals surface area contributed by atoms with Gasteiger partial charge in [-0.15, -0.1) is 0 Å². The highest BCUT2D eigenvalue weighted by atomic mass is 32.2. The topological polar surface area (TPSA) is 48.4 Å². The predicted molar refractivity (Wildman–Crippen MR) is 150 cm³/mol. The molecule has 0 atom stereocenters. The van der Waals surface area contributed by atoms with E-state index in [2.05, 4.69) is 55.7 Å². The van der Waals surface area contributed by atoms with Crippen LogP contribution >= 0.6 is 23.5 Å². The number of thioether (sulfide) groups is 2. The third-order valence-corrected chi connectivity index (χ3v) is 8.60. The summed E-state index contributed by atoms with van der Waals surface area (Å²) in [4.78, 5) is 26.8. The van der Waals surface area contributed by atoms with Crippen LogP contribution in [0.1, 0.15) is 40.5 Å². The third-order valence-electron chi connectivity index (χ3n) is 6.22. The zero-order valence-electron chi connectivity index (χ0n) is 21.2. The van der Waals surface area contributed by atoms with Crippen LogP contribution in [0.5, 0.6) is 5.75 Å². The van der Waals surface area contributed by atoms with E-state index in [1.807, 2.05) is 29.2 Å². The fourth-order valence-electron chi connectivity index (χ4n) is 4.24. The first-order chi connectivity index (χ1) is 17.0. The third kappa shape index (κ3) is 5.19. The van der Waals surface area contributed by atoms with Crippen LogP contribution in [0.2, 0.25) is 0 Å². The Bertz CT molecular complexity index is 1130. The predicted octanol–water partition coefficient (Wildman–Crippen LogP) is 6.71. The molecule has 4 rings (SSSR count). The van der Waals surface area contributed by atoms with E-state index in [1.54, 1.807) is 18.9 Å². The molecule has 0 radical (unpaired) electrons. The van der Waals surface area contributed by atoms with Crippen LogP contribution in [-0.2, 0) is 4.79 Å². The second kappa shape index (κ2) is 11.4. The number of aliphatic imine (C=N–C) groups is 1. The number of amidine groups is 1. The van der Waals surface area contributed by atoms with E-state index >= 15 is 0 Å². The first-order valence-corrected chi connectivity index (χ1v) is 14.0. The lowest BCUT2D eigenvalue weighted by atomic mass is 10.2. The normalized spacial score (nSPS) is 18.5. The van der Waals surface area contributed by atoms with Crippen LogP contribution in [0.15, 0.2) is 62.3 Å². The van der Waals surface area contributed by atoms with Crippen molar-refractivity contribution >= 4 is 51.7 Å². The number of methoxy groups -OCH3 is 1. The summed E-state index contributed by atoms with van der Waals surface area (Å²) in [7, 11) is 1.68. The molecule has 2 heterocycles. The van der Waals surface area contributed by atoms with Crippen molar-refractivity contribution in [2.45, 2.75) is 45.4 Å². The Labute approximate surface area is 217 Å². The molecule has 1 fully saturated rings. The minimum atomic E-state index is 0.0442. The zero-order chi connectivity index (χ0) is 24.9. The van der Waals surface area contributed by atoms with Crippen LogP contribution < -0.4 is 14.5 Å². The molecule has 8 heteroatoms. The van der Waals surface area contributed by atoms with E-state index in [-0.39, 0.29) is 5.91 Å². The van der Waals surface area contributed by atoms with Crippen LogP contribution in [-0.4, -0.2) is 49.3 Å². The lowest BCUT2D eigenvalue weighted by Crippen LogP contribution is -2.30. The van der Waals surface area contributed by atoms with Gasteiger partial charge in [0, 0.05) is 42.8 Å². The average Bonchev–Trinajstić information content (AvgIpc) is 3.40. The van der Waals surface area contributed by atoms with Crippen molar-refractivity contribution in [1.82, 2.24) is 4.90 Å². The summed E-state index contributed by atoms with van der Waals surface area (Å²) in [5.74, 6) is 0.863. The van der Waals surface area contributed by atoms with Gasteiger partial charge in [0.15, 0.2) is 5.17 Å². The van der Waals surface area contributed by atoms with Crippen LogP contribution in [0.3, 0.4) is 0 Å². The Morgan fingerprint density at radius 2 is 1.71 bits per heavy atom. The first kappa shape index (κ1) is 25.5. The fourth-order valence-corrected chi connectivity index (χ4v) is 6.64. The van der Waals surface area contributed by atoms with Crippen molar-refractivity contribution in [3.8, 4) is 5.75 Å². The molecule has 0 saturated carbocycles. The Morgan fingerprint density at radius 1 is 0.971 bits per heavy atom. The number of ether oxygens (including phenoxy) is 1. The molecule has 0 N–H and O–H groups in total. The zero-order valence-corrected chi connectivity index (χ0v) is 22.8. The molecule has 0 bridgehead atoms. The van der Waals surface area contributed by atoms with Crippen molar-refractivity contribution in [3.63, 3.8) is 0 Å². The number of unbranched alkanes of at least 4 members (excludes halogenated alkanes) is 1. The van der Waals surface area contributed by atoms with Gasteiger partial charge in [-0.2, -0.15) is 0 Å². The van der Waals surface area contributed by atoms with Crippen LogP contribution in [0.4, 0.5) is 17.1 Å². The van der Waals surface area contributed by atoms with Gasteiger partial charge in [0.05, 0.1) is 18.5 Å². The van der Waals surface area contributed by atoms with E-state index in [0.29, 0.717) is 6.54 Å². The van der Waals surface area contributed by atoms with Gasteiger partial charge in [-0.05, 0) is 75.4 Å². The molecule has 1 saturated heterocycles. The number of carbonyl (C=O) groups excluding carboxylic acids is 1. The van der Waals surface area contributed by atoms with Gasteiger partial charge >= 0.3 is 0 Å². The van der Waals surface area contributed by atoms with Gasteiger partial charge in [0.25, 0.3) is 5.91 Å². The molecule has 186 valence electrons. The van der Waals surface area contributed by atoms with Crippen LogP contribution in [0, 0.1) is 0 Å². The van der Waals surface area contributed by atoms with Gasteiger partial charge in [-0.1, -0.05) is 25.1 Å². The van der Waals surface area contributed by atoms with Crippen molar-refractivity contribution in [2.24, 2.45) is 4.99 Å². The molecule has 1 amide bonds.